The molecule has 2 aromatic carbocycles. The van der Waals surface area contributed by atoms with E-state index in [2.05, 4.69) is 10.2 Å². The van der Waals surface area contributed by atoms with Gasteiger partial charge in [0, 0.05) is 49.6 Å². The molecule has 9 heteroatoms. The number of imide groups is 1. The van der Waals surface area contributed by atoms with Gasteiger partial charge in [-0.25, -0.2) is 4.39 Å². The second kappa shape index (κ2) is 10.2. The number of piperidine rings is 2. The van der Waals surface area contributed by atoms with Gasteiger partial charge in [0.05, 0.1) is 11.7 Å². The molecule has 204 valence electrons. The number of nitrogens with zero attached hydrogens (tertiary/aromatic N) is 3. The standard InChI is InChI=1S/C30H34FN5O3/c31-30(11-2-12-30)18-35-13-9-21(10-14-35)33-17-19(16-32)15-20-5-6-24-27-22(20)3-1-4-23(27)29(39)36(24)25-7-8-26(37)34-28(25)38/h1,3-6,16-17,21,25H,2,7-15,18,32H2,(H,34,37,38). The van der Waals surface area contributed by atoms with Crippen LogP contribution in [-0.2, 0) is 16.0 Å². The lowest BCUT2D eigenvalue weighted by Gasteiger charge is -2.40. The van der Waals surface area contributed by atoms with Crippen LogP contribution in [0.1, 0.15) is 60.9 Å². The molecule has 2 saturated heterocycles. The van der Waals surface area contributed by atoms with Gasteiger partial charge in [-0.2, -0.15) is 0 Å². The SMILES string of the molecule is NC=C(C=NC1CCN(CC2(F)CCC2)CC1)Cc1ccc2c3c(cccc13)C(=O)N2C1CCC(=O)NC1=O. The molecule has 1 atom stereocenters. The molecule has 1 unspecified atom stereocenters. The third-order valence-corrected chi connectivity index (χ3v) is 8.71. The van der Waals surface area contributed by atoms with Crippen molar-refractivity contribution in [2.45, 2.75) is 69.1 Å². The van der Waals surface area contributed by atoms with Gasteiger partial charge in [-0.1, -0.05) is 18.2 Å². The van der Waals surface area contributed by atoms with E-state index in [1.807, 2.05) is 30.5 Å². The average molecular weight is 532 g/mol. The van der Waals surface area contributed by atoms with E-state index in [4.69, 9.17) is 10.7 Å². The average Bonchev–Trinajstić information content (AvgIpc) is 3.20. The van der Waals surface area contributed by atoms with Crippen molar-refractivity contribution in [1.82, 2.24) is 10.2 Å². The molecule has 8 nitrogen and oxygen atoms in total. The number of amides is 3. The van der Waals surface area contributed by atoms with Crippen LogP contribution in [0.3, 0.4) is 0 Å². The van der Waals surface area contributed by atoms with E-state index in [-0.39, 0.29) is 24.3 Å². The molecule has 0 spiro atoms. The van der Waals surface area contributed by atoms with Gasteiger partial charge < -0.3 is 10.6 Å². The van der Waals surface area contributed by atoms with E-state index in [9.17, 15) is 18.8 Å². The van der Waals surface area contributed by atoms with Crippen LogP contribution >= 0.6 is 0 Å². The van der Waals surface area contributed by atoms with Crippen molar-refractivity contribution in [3.63, 3.8) is 0 Å². The van der Waals surface area contributed by atoms with Crippen molar-refractivity contribution >= 4 is 40.4 Å². The Morgan fingerprint density at radius 3 is 2.62 bits per heavy atom. The van der Waals surface area contributed by atoms with Gasteiger partial charge in [-0.05, 0) is 73.4 Å². The first-order chi connectivity index (χ1) is 18.8. The second-order valence-corrected chi connectivity index (χ2v) is 11.3. The van der Waals surface area contributed by atoms with Gasteiger partial charge in [0.2, 0.25) is 11.8 Å². The van der Waals surface area contributed by atoms with Crippen molar-refractivity contribution in [3.05, 3.63) is 53.2 Å². The predicted molar refractivity (Wildman–Crippen MR) is 149 cm³/mol. The number of allylic oxidation sites excluding steroid dienone is 1. The molecule has 1 aliphatic carbocycles. The van der Waals surface area contributed by atoms with Crippen LogP contribution in [0.2, 0.25) is 0 Å². The lowest BCUT2D eigenvalue weighted by atomic mass is 9.81. The molecule has 4 aliphatic rings. The zero-order chi connectivity index (χ0) is 27.1. The van der Waals surface area contributed by atoms with Gasteiger partial charge >= 0.3 is 0 Å². The highest BCUT2D eigenvalue weighted by atomic mass is 19.1. The summed E-state index contributed by atoms with van der Waals surface area (Å²) >= 11 is 0. The van der Waals surface area contributed by atoms with Crippen molar-refractivity contribution < 1.29 is 18.8 Å². The number of carbonyl (C=O) groups excluding carboxylic acids is 3. The number of nitrogens with two attached hydrogens (primary N) is 1. The molecule has 3 heterocycles. The summed E-state index contributed by atoms with van der Waals surface area (Å²) in [5, 5.41) is 4.12. The number of rotatable bonds is 7. The highest BCUT2D eigenvalue weighted by molar-refractivity contribution is 6.27. The first kappa shape index (κ1) is 25.7. The quantitative estimate of drug-likeness (QED) is 0.421. The van der Waals surface area contributed by atoms with Crippen LogP contribution < -0.4 is 16.0 Å². The Labute approximate surface area is 227 Å². The Hall–Kier alpha value is -3.59. The monoisotopic (exact) mass is 531 g/mol. The van der Waals surface area contributed by atoms with E-state index >= 15 is 0 Å². The molecule has 3 N–H and O–H groups in total. The van der Waals surface area contributed by atoms with Crippen LogP contribution in [0.15, 0.2) is 47.1 Å². The molecule has 0 aromatic heterocycles. The molecule has 3 fully saturated rings. The van der Waals surface area contributed by atoms with E-state index < -0.39 is 17.6 Å². The van der Waals surface area contributed by atoms with Crippen molar-refractivity contribution in [1.29, 1.82) is 0 Å². The maximum absolute atomic E-state index is 14.5. The van der Waals surface area contributed by atoms with Crippen LogP contribution in [0.25, 0.3) is 10.8 Å². The van der Waals surface area contributed by atoms with Crippen molar-refractivity contribution in [3.8, 4) is 0 Å². The Morgan fingerprint density at radius 1 is 1.13 bits per heavy atom. The van der Waals surface area contributed by atoms with Gasteiger partial charge in [-0.15, -0.1) is 0 Å². The lowest BCUT2D eigenvalue weighted by Crippen LogP contribution is -2.53. The Balaban J connectivity index is 1.16. The molecule has 3 amide bonds. The van der Waals surface area contributed by atoms with Crippen LogP contribution in [0, 0.1) is 0 Å². The summed E-state index contributed by atoms with van der Waals surface area (Å²) < 4.78 is 14.5. The lowest BCUT2D eigenvalue weighted by molar-refractivity contribution is -0.134. The van der Waals surface area contributed by atoms with Gasteiger partial charge in [0.1, 0.15) is 11.7 Å². The second-order valence-electron chi connectivity index (χ2n) is 11.3. The summed E-state index contributed by atoms with van der Waals surface area (Å²) in [4.78, 5) is 46.2. The fourth-order valence-electron chi connectivity index (χ4n) is 6.37. The Morgan fingerprint density at radius 2 is 1.92 bits per heavy atom. The van der Waals surface area contributed by atoms with Gasteiger partial charge in [-0.3, -0.25) is 29.6 Å². The largest absolute Gasteiger partial charge is 0.404 e. The Bertz CT molecular complexity index is 1390. The number of halogens is 1. The number of aliphatic imine (C=N–C) groups is 1. The van der Waals surface area contributed by atoms with Crippen LogP contribution in [0.4, 0.5) is 10.1 Å². The summed E-state index contributed by atoms with van der Waals surface area (Å²) in [6.45, 7) is 2.27. The smallest absolute Gasteiger partial charge is 0.259 e. The van der Waals surface area contributed by atoms with E-state index in [0.29, 0.717) is 43.5 Å². The number of hydrogen-bond donors (Lipinski definition) is 2. The molecule has 2 aromatic rings. The summed E-state index contributed by atoms with van der Waals surface area (Å²) in [5.74, 6) is -0.968. The first-order valence-corrected chi connectivity index (χ1v) is 13.9. The maximum atomic E-state index is 14.5. The molecule has 1 saturated carbocycles. The summed E-state index contributed by atoms with van der Waals surface area (Å²) in [6.07, 6.45) is 8.68. The molecule has 0 bridgehead atoms. The molecule has 6 rings (SSSR count). The highest BCUT2D eigenvalue weighted by Crippen LogP contribution is 2.41. The van der Waals surface area contributed by atoms with E-state index in [1.165, 1.54) is 4.90 Å². The molecule has 3 aliphatic heterocycles. The number of benzene rings is 2. The molecule has 0 radical (unpaired) electrons. The number of alkyl halides is 1. The maximum Gasteiger partial charge on any atom is 0.259 e. The molecule has 39 heavy (non-hydrogen) atoms. The molecular formula is C30H34FN5O3. The summed E-state index contributed by atoms with van der Waals surface area (Å²) in [5.41, 5.74) is 8.16. The Kier molecular flexibility index (Phi) is 6.71. The van der Waals surface area contributed by atoms with E-state index in [0.717, 1.165) is 54.3 Å². The topological polar surface area (TPSA) is 108 Å². The zero-order valence-electron chi connectivity index (χ0n) is 22.0. The number of carbonyl (C=O) groups is 3. The fourth-order valence-corrected chi connectivity index (χ4v) is 6.37. The number of anilines is 1. The van der Waals surface area contributed by atoms with E-state index in [1.54, 1.807) is 12.3 Å². The minimum Gasteiger partial charge on any atom is -0.404 e. The number of likely N-dealkylation sites (tertiary alicyclic amines) is 1. The van der Waals surface area contributed by atoms with Crippen molar-refractivity contribution in [2.24, 2.45) is 10.7 Å². The zero-order valence-corrected chi connectivity index (χ0v) is 22.0. The predicted octanol–water partition coefficient (Wildman–Crippen LogP) is 3.42. The first-order valence-electron chi connectivity index (χ1n) is 13.9. The highest BCUT2D eigenvalue weighted by Gasteiger charge is 2.41. The summed E-state index contributed by atoms with van der Waals surface area (Å²) in [6, 6.07) is 8.97. The minimum absolute atomic E-state index is 0.195. The van der Waals surface area contributed by atoms with Crippen molar-refractivity contribution in [2.75, 3.05) is 24.5 Å². The third-order valence-electron chi connectivity index (χ3n) is 8.71. The van der Waals surface area contributed by atoms with Crippen LogP contribution in [-0.4, -0.2) is 66.2 Å². The van der Waals surface area contributed by atoms with Crippen LogP contribution in [0.5, 0.6) is 0 Å². The number of hydrogen-bond acceptors (Lipinski definition) is 6. The normalized spacial score (nSPS) is 24.0. The summed E-state index contributed by atoms with van der Waals surface area (Å²) in [7, 11) is 0. The van der Waals surface area contributed by atoms with Gasteiger partial charge in [0.15, 0.2) is 0 Å². The third kappa shape index (κ3) is 4.84. The number of nitrogens with one attached hydrogen (secondary N) is 1. The minimum atomic E-state index is -0.977. The molecular weight excluding hydrogens is 497 g/mol. The van der Waals surface area contributed by atoms with Gasteiger partial charge in [0.25, 0.3) is 5.91 Å². The fraction of sp³-hybridized carbons (Fsp3) is 0.467.